The minimum atomic E-state index is -1.29. The Hall–Kier alpha value is -1.28. The number of hydrogen-bond acceptors (Lipinski definition) is 5. The number of thioether (sulfide) groups is 1. The largest absolute Gasteiger partial charge is 0.480 e. The van der Waals surface area contributed by atoms with Crippen molar-refractivity contribution in [2.45, 2.75) is 12.5 Å². The maximum absolute atomic E-state index is 11.3. The van der Waals surface area contributed by atoms with Crippen LogP contribution in [-0.2, 0) is 9.59 Å². The van der Waals surface area contributed by atoms with Crippen molar-refractivity contribution in [3.05, 3.63) is 0 Å². The second-order valence-corrected chi connectivity index (χ2v) is 4.54. The Morgan fingerprint density at radius 3 is 2.71 bits per heavy atom. The van der Waals surface area contributed by atoms with E-state index in [1.165, 1.54) is 11.8 Å². The zero-order chi connectivity index (χ0) is 12.8. The van der Waals surface area contributed by atoms with Crippen LogP contribution < -0.4 is 5.32 Å². The topological polar surface area (TPSA) is 107 Å². The van der Waals surface area contributed by atoms with E-state index < -0.39 is 24.5 Å². The molecule has 3 N–H and O–H groups in total. The van der Waals surface area contributed by atoms with Crippen molar-refractivity contribution in [1.29, 1.82) is 0 Å². The van der Waals surface area contributed by atoms with E-state index in [2.05, 4.69) is 5.32 Å². The van der Waals surface area contributed by atoms with E-state index in [1.807, 2.05) is 0 Å². The Morgan fingerprint density at radius 2 is 2.24 bits per heavy atom. The summed E-state index contributed by atoms with van der Waals surface area (Å²) in [5, 5.41) is 19.4. The summed E-state index contributed by atoms with van der Waals surface area (Å²) in [7, 11) is 0. The molecule has 0 aromatic carbocycles. The fourth-order valence-corrected chi connectivity index (χ4v) is 2.17. The molecule has 0 aliphatic carbocycles. The molecule has 2 amide bonds. The van der Waals surface area contributed by atoms with Gasteiger partial charge in [0.25, 0.3) is 5.24 Å². The monoisotopic (exact) mass is 262 g/mol. The molecular formula is C9H14N2O5S. The molecule has 0 bridgehead atoms. The number of carbonyl (C=O) groups excluding carboxylic acids is 2. The Kier molecular flexibility index (Phi) is 5.23. The van der Waals surface area contributed by atoms with Crippen LogP contribution in [0, 0.1) is 0 Å². The number of aliphatic hydroxyl groups excluding tert-OH is 1. The van der Waals surface area contributed by atoms with Crippen molar-refractivity contribution >= 4 is 28.9 Å². The number of amides is 2. The highest BCUT2D eigenvalue weighted by Gasteiger charge is 2.23. The number of aliphatic hydroxyl groups is 1. The first kappa shape index (κ1) is 13.8. The molecule has 0 saturated carbocycles. The van der Waals surface area contributed by atoms with Crippen LogP contribution in [-0.4, -0.2) is 63.7 Å². The normalized spacial score (nSPS) is 17.0. The molecule has 1 aliphatic heterocycles. The predicted molar refractivity (Wildman–Crippen MR) is 60.7 cm³/mol. The van der Waals surface area contributed by atoms with Gasteiger partial charge in [0, 0.05) is 25.3 Å². The number of nitrogens with one attached hydrogen (secondary N) is 1. The maximum atomic E-state index is 11.3. The third-order valence-electron chi connectivity index (χ3n) is 2.27. The first-order valence-corrected chi connectivity index (χ1v) is 6.08. The molecule has 0 aromatic rings. The average Bonchev–Trinajstić information content (AvgIpc) is 2.68. The number of carboxylic acid groups (broad SMARTS) is 1. The van der Waals surface area contributed by atoms with Gasteiger partial charge in [0.1, 0.15) is 6.04 Å². The van der Waals surface area contributed by atoms with Crippen LogP contribution in [0.1, 0.15) is 6.42 Å². The molecule has 1 rings (SSSR count). The molecule has 8 heteroatoms. The highest BCUT2D eigenvalue weighted by Crippen LogP contribution is 2.16. The number of nitrogens with zero attached hydrogens (tertiary/aromatic N) is 1. The molecule has 0 aromatic heterocycles. The van der Waals surface area contributed by atoms with Crippen LogP contribution in [0.4, 0.5) is 4.79 Å². The van der Waals surface area contributed by atoms with E-state index >= 15 is 0 Å². The van der Waals surface area contributed by atoms with Crippen LogP contribution in [0.25, 0.3) is 0 Å². The molecule has 1 aliphatic rings. The van der Waals surface area contributed by atoms with Gasteiger partial charge in [-0.2, -0.15) is 0 Å². The van der Waals surface area contributed by atoms with Crippen LogP contribution in [0.5, 0.6) is 0 Å². The molecule has 1 atom stereocenters. The van der Waals surface area contributed by atoms with Gasteiger partial charge in [-0.25, -0.2) is 4.79 Å². The molecule has 96 valence electrons. The summed E-state index contributed by atoms with van der Waals surface area (Å²) in [4.78, 5) is 34.6. The standard InChI is InChI=1S/C9H14N2O5S/c12-5-6(8(14)15)10-7(13)1-2-11-3-4-17-9(11)16/h6,12H,1-5H2,(H,10,13)(H,14,15). The van der Waals surface area contributed by atoms with Crippen molar-refractivity contribution in [2.24, 2.45) is 0 Å². The fraction of sp³-hybridized carbons (Fsp3) is 0.667. The van der Waals surface area contributed by atoms with E-state index in [-0.39, 0.29) is 18.2 Å². The highest BCUT2D eigenvalue weighted by molar-refractivity contribution is 8.13. The second kappa shape index (κ2) is 6.45. The molecule has 7 nitrogen and oxygen atoms in total. The summed E-state index contributed by atoms with van der Waals surface area (Å²) in [6.07, 6.45) is 0.0378. The third-order valence-corrected chi connectivity index (χ3v) is 3.16. The minimum Gasteiger partial charge on any atom is -0.480 e. The number of hydrogen-bond donors (Lipinski definition) is 3. The number of rotatable bonds is 6. The van der Waals surface area contributed by atoms with Gasteiger partial charge in [0.05, 0.1) is 6.61 Å². The van der Waals surface area contributed by atoms with Crippen LogP contribution >= 0.6 is 11.8 Å². The fourth-order valence-electron chi connectivity index (χ4n) is 1.32. The van der Waals surface area contributed by atoms with E-state index in [4.69, 9.17) is 10.2 Å². The molecular weight excluding hydrogens is 248 g/mol. The lowest BCUT2D eigenvalue weighted by molar-refractivity contribution is -0.143. The van der Waals surface area contributed by atoms with Crippen molar-refractivity contribution in [2.75, 3.05) is 25.4 Å². The SMILES string of the molecule is O=C(CCN1CCSC1=O)NC(CO)C(=O)O. The quantitative estimate of drug-likeness (QED) is 0.573. The van der Waals surface area contributed by atoms with Gasteiger partial charge in [-0.05, 0) is 0 Å². The van der Waals surface area contributed by atoms with Crippen LogP contribution in [0.3, 0.4) is 0 Å². The van der Waals surface area contributed by atoms with Gasteiger partial charge in [-0.1, -0.05) is 11.8 Å². The first-order chi connectivity index (χ1) is 8.04. The third kappa shape index (κ3) is 4.23. The highest BCUT2D eigenvalue weighted by atomic mass is 32.2. The number of carboxylic acids is 1. The summed E-state index contributed by atoms with van der Waals surface area (Å²) in [6, 6.07) is -1.29. The maximum Gasteiger partial charge on any atom is 0.328 e. The van der Waals surface area contributed by atoms with E-state index in [0.717, 1.165) is 5.75 Å². The Morgan fingerprint density at radius 1 is 1.53 bits per heavy atom. The number of aliphatic carboxylic acids is 1. The van der Waals surface area contributed by atoms with Gasteiger partial charge in [0.15, 0.2) is 0 Å². The van der Waals surface area contributed by atoms with Gasteiger partial charge >= 0.3 is 5.97 Å². The lowest BCUT2D eigenvalue weighted by Gasteiger charge is -2.15. The number of carbonyl (C=O) groups is 3. The first-order valence-electron chi connectivity index (χ1n) is 5.09. The molecule has 0 radical (unpaired) electrons. The van der Waals surface area contributed by atoms with Crippen LogP contribution in [0.2, 0.25) is 0 Å². The second-order valence-electron chi connectivity index (χ2n) is 3.49. The molecule has 17 heavy (non-hydrogen) atoms. The van der Waals surface area contributed by atoms with E-state index in [0.29, 0.717) is 6.54 Å². The lowest BCUT2D eigenvalue weighted by Crippen LogP contribution is -2.44. The zero-order valence-electron chi connectivity index (χ0n) is 9.09. The Balaban J connectivity index is 2.29. The van der Waals surface area contributed by atoms with Crippen molar-refractivity contribution in [1.82, 2.24) is 10.2 Å². The summed E-state index contributed by atoms with van der Waals surface area (Å²) < 4.78 is 0. The molecule has 1 heterocycles. The predicted octanol–water partition coefficient (Wildman–Crippen LogP) is -0.893. The minimum absolute atomic E-state index is 0.0378. The van der Waals surface area contributed by atoms with E-state index in [9.17, 15) is 14.4 Å². The van der Waals surface area contributed by atoms with Crippen LogP contribution in [0.15, 0.2) is 0 Å². The van der Waals surface area contributed by atoms with Gasteiger partial charge in [-0.15, -0.1) is 0 Å². The molecule has 1 fully saturated rings. The Labute approximate surface area is 102 Å². The van der Waals surface area contributed by atoms with Gasteiger partial charge < -0.3 is 20.4 Å². The van der Waals surface area contributed by atoms with Crippen molar-refractivity contribution in [3.8, 4) is 0 Å². The summed E-state index contributed by atoms with van der Waals surface area (Å²) in [5.74, 6) is -1.06. The zero-order valence-corrected chi connectivity index (χ0v) is 9.90. The van der Waals surface area contributed by atoms with Crippen molar-refractivity contribution < 1.29 is 24.6 Å². The smallest absolute Gasteiger partial charge is 0.328 e. The van der Waals surface area contributed by atoms with Crippen molar-refractivity contribution in [3.63, 3.8) is 0 Å². The summed E-state index contributed by atoms with van der Waals surface area (Å²) in [6.45, 7) is 0.230. The summed E-state index contributed by atoms with van der Waals surface area (Å²) in [5.41, 5.74) is 0. The molecule has 0 spiro atoms. The summed E-state index contributed by atoms with van der Waals surface area (Å²) >= 11 is 1.20. The average molecular weight is 262 g/mol. The molecule has 1 unspecified atom stereocenters. The molecule has 1 saturated heterocycles. The van der Waals surface area contributed by atoms with Gasteiger partial charge in [-0.3, -0.25) is 9.59 Å². The van der Waals surface area contributed by atoms with Gasteiger partial charge in [0.2, 0.25) is 5.91 Å². The lowest BCUT2D eigenvalue weighted by atomic mass is 10.3. The Bertz CT molecular complexity index is 323. The van der Waals surface area contributed by atoms with E-state index in [1.54, 1.807) is 4.90 Å².